The molecule has 0 bridgehead atoms. The van der Waals surface area contributed by atoms with Gasteiger partial charge < -0.3 is 9.73 Å². The quantitative estimate of drug-likeness (QED) is 0.896. The molecule has 0 aliphatic rings. The van der Waals surface area contributed by atoms with E-state index < -0.39 is 21.5 Å². The van der Waals surface area contributed by atoms with E-state index in [2.05, 4.69) is 5.32 Å². The van der Waals surface area contributed by atoms with Crippen LogP contribution in [0.25, 0.3) is 0 Å². The van der Waals surface area contributed by atoms with Gasteiger partial charge in [0.15, 0.2) is 9.84 Å². The Balaban J connectivity index is 1.95. The normalized spacial score (nSPS) is 11.2. The Kier molecular flexibility index (Phi) is 4.01. The van der Waals surface area contributed by atoms with Crippen molar-refractivity contribution in [3.05, 3.63) is 54.5 Å². The Hall–Kier alpha value is -2.08. The van der Waals surface area contributed by atoms with Crippen molar-refractivity contribution in [1.29, 1.82) is 0 Å². The highest BCUT2D eigenvalue weighted by atomic mass is 32.2. The van der Waals surface area contributed by atoms with Crippen LogP contribution in [-0.2, 0) is 21.2 Å². The maximum atomic E-state index is 11.9. The first kappa shape index (κ1) is 13.4. The minimum absolute atomic E-state index is 0.142. The van der Waals surface area contributed by atoms with E-state index >= 15 is 0 Å². The molecule has 1 aromatic heterocycles. The number of sulfone groups is 1. The van der Waals surface area contributed by atoms with E-state index in [4.69, 9.17) is 4.42 Å². The molecule has 0 radical (unpaired) electrons. The zero-order chi connectivity index (χ0) is 13.7. The number of hydrogen-bond donors (Lipinski definition) is 1. The third kappa shape index (κ3) is 3.69. The summed E-state index contributed by atoms with van der Waals surface area (Å²) >= 11 is 0. The number of nitrogens with one attached hydrogen (secondary N) is 1. The summed E-state index contributed by atoms with van der Waals surface area (Å²) < 4.78 is 28.9. The minimum atomic E-state index is -3.59. The second-order valence-corrected chi connectivity index (χ2v) is 5.92. The molecule has 1 heterocycles. The van der Waals surface area contributed by atoms with E-state index in [1.54, 1.807) is 30.3 Å². The van der Waals surface area contributed by atoms with E-state index in [-0.39, 0.29) is 11.4 Å². The highest BCUT2D eigenvalue weighted by molar-refractivity contribution is 7.92. The highest BCUT2D eigenvalue weighted by Crippen LogP contribution is 2.09. The van der Waals surface area contributed by atoms with Crippen molar-refractivity contribution in [2.24, 2.45) is 0 Å². The summed E-state index contributed by atoms with van der Waals surface area (Å²) in [4.78, 5) is 11.7. The average molecular weight is 279 g/mol. The summed E-state index contributed by atoms with van der Waals surface area (Å²) in [6.07, 6.45) is 1.49. The molecule has 0 fully saturated rings. The Morgan fingerprint density at radius 3 is 2.47 bits per heavy atom. The molecule has 0 spiro atoms. The zero-order valence-corrected chi connectivity index (χ0v) is 10.9. The molecule has 1 N–H and O–H groups in total. The van der Waals surface area contributed by atoms with Crippen LogP contribution in [0.2, 0.25) is 0 Å². The molecule has 0 saturated heterocycles. The van der Waals surface area contributed by atoms with Gasteiger partial charge in [0, 0.05) is 0 Å². The van der Waals surface area contributed by atoms with E-state index in [1.165, 1.54) is 18.4 Å². The van der Waals surface area contributed by atoms with Crippen molar-refractivity contribution in [1.82, 2.24) is 5.32 Å². The number of hydrogen-bond acceptors (Lipinski definition) is 4. The maximum Gasteiger partial charge on any atom is 0.235 e. The van der Waals surface area contributed by atoms with Crippen molar-refractivity contribution in [3.63, 3.8) is 0 Å². The molecule has 0 saturated carbocycles. The topological polar surface area (TPSA) is 76.4 Å². The third-order valence-electron chi connectivity index (χ3n) is 2.46. The molecule has 1 aromatic carbocycles. The third-order valence-corrected chi connectivity index (χ3v) is 4.10. The molecular formula is C13H13NO4S. The number of rotatable bonds is 5. The Bertz CT molecular complexity index is 633. The first-order chi connectivity index (χ1) is 9.08. The lowest BCUT2D eigenvalue weighted by atomic mass is 10.4. The van der Waals surface area contributed by atoms with Crippen molar-refractivity contribution in [2.45, 2.75) is 11.4 Å². The molecule has 6 heteroatoms. The SMILES string of the molecule is O=C(CS(=O)(=O)c1ccccc1)NCc1ccco1. The molecule has 0 unspecified atom stereocenters. The lowest BCUT2D eigenvalue weighted by Crippen LogP contribution is -2.29. The van der Waals surface area contributed by atoms with Gasteiger partial charge in [-0.2, -0.15) is 0 Å². The lowest BCUT2D eigenvalue weighted by molar-refractivity contribution is -0.118. The van der Waals surface area contributed by atoms with Gasteiger partial charge in [0.05, 0.1) is 17.7 Å². The van der Waals surface area contributed by atoms with Gasteiger partial charge >= 0.3 is 0 Å². The van der Waals surface area contributed by atoms with Crippen molar-refractivity contribution in [2.75, 3.05) is 5.75 Å². The first-order valence-corrected chi connectivity index (χ1v) is 7.30. The van der Waals surface area contributed by atoms with Crippen LogP contribution in [0.3, 0.4) is 0 Å². The van der Waals surface area contributed by atoms with Crippen molar-refractivity contribution < 1.29 is 17.6 Å². The molecule has 1 amide bonds. The number of amides is 1. The predicted octanol–water partition coefficient (Wildman–Crippen LogP) is 1.37. The van der Waals surface area contributed by atoms with Gasteiger partial charge in [-0.05, 0) is 24.3 Å². The second kappa shape index (κ2) is 5.71. The van der Waals surface area contributed by atoms with Gasteiger partial charge in [0.2, 0.25) is 5.91 Å². The van der Waals surface area contributed by atoms with Crippen LogP contribution >= 0.6 is 0 Å². The fraction of sp³-hybridized carbons (Fsp3) is 0.154. The standard InChI is InChI=1S/C13H13NO4S/c15-13(14-9-11-5-4-8-18-11)10-19(16,17)12-6-2-1-3-7-12/h1-8H,9-10H2,(H,14,15). The van der Waals surface area contributed by atoms with Gasteiger partial charge in [-0.25, -0.2) is 8.42 Å². The van der Waals surface area contributed by atoms with Crippen LogP contribution in [0, 0.1) is 0 Å². The van der Waals surface area contributed by atoms with E-state index in [0.29, 0.717) is 5.76 Å². The summed E-state index contributed by atoms with van der Waals surface area (Å²) in [6.45, 7) is 0.177. The largest absolute Gasteiger partial charge is 0.467 e. The lowest BCUT2D eigenvalue weighted by Gasteiger charge is -2.05. The maximum absolute atomic E-state index is 11.9. The van der Waals surface area contributed by atoms with E-state index in [9.17, 15) is 13.2 Å². The Morgan fingerprint density at radius 2 is 1.84 bits per heavy atom. The summed E-state index contributed by atoms with van der Waals surface area (Å²) in [5.74, 6) is -0.553. The van der Waals surface area contributed by atoms with Gasteiger partial charge in [-0.15, -0.1) is 0 Å². The molecule has 100 valence electrons. The Morgan fingerprint density at radius 1 is 1.11 bits per heavy atom. The van der Waals surface area contributed by atoms with Gasteiger partial charge in [-0.3, -0.25) is 4.79 Å². The van der Waals surface area contributed by atoms with Crippen LogP contribution in [0.1, 0.15) is 5.76 Å². The predicted molar refractivity (Wildman–Crippen MR) is 69.0 cm³/mol. The molecule has 2 rings (SSSR count). The Labute approximate surface area is 111 Å². The van der Waals surface area contributed by atoms with E-state index in [1.807, 2.05) is 0 Å². The van der Waals surface area contributed by atoms with Crippen LogP contribution in [0.5, 0.6) is 0 Å². The molecule has 0 atom stereocenters. The number of furan rings is 1. The van der Waals surface area contributed by atoms with Gasteiger partial charge in [0.1, 0.15) is 11.5 Å². The smallest absolute Gasteiger partial charge is 0.235 e. The molecule has 19 heavy (non-hydrogen) atoms. The van der Waals surface area contributed by atoms with Crippen LogP contribution < -0.4 is 5.32 Å². The highest BCUT2D eigenvalue weighted by Gasteiger charge is 2.18. The fourth-order valence-electron chi connectivity index (χ4n) is 1.53. The summed E-state index contributed by atoms with van der Waals surface area (Å²) in [5, 5.41) is 2.50. The van der Waals surface area contributed by atoms with Crippen LogP contribution in [0.15, 0.2) is 58.0 Å². The number of carbonyl (C=O) groups is 1. The average Bonchev–Trinajstić information content (AvgIpc) is 2.90. The number of carbonyl (C=O) groups excluding carboxylic acids is 1. The summed E-state index contributed by atoms with van der Waals surface area (Å²) in [7, 11) is -3.59. The fourth-order valence-corrected chi connectivity index (χ4v) is 2.72. The van der Waals surface area contributed by atoms with Crippen molar-refractivity contribution >= 4 is 15.7 Å². The molecule has 0 aliphatic carbocycles. The number of benzene rings is 1. The second-order valence-electron chi connectivity index (χ2n) is 3.93. The van der Waals surface area contributed by atoms with Crippen LogP contribution in [0.4, 0.5) is 0 Å². The summed E-state index contributed by atoms with van der Waals surface area (Å²) in [5.41, 5.74) is 0. The molecule has 0 aliphatic heterocycles. The summed E-state index contributed by atoms with van der Waals surface area (Å²) in [6, 6.07) is 11.3. The molecular weight excluding hydrogens is 266 g/mol. The van der Waals surface area contributed by atoms with Crippen LogP contribution in [-0.4, -0.2) is 20.1 Å². The van der Waals surface area contributed by atoms with Gasteiger partial charge in [0.25, 0.3) is 0 Å². The first-order valence-electron chi connectivity index (χ1n) is 5.65. The van der Waals surface area contributed by atoms with Crippen molar-refractivity contribution in [3.8, 4) is 0 Å². The van der Waals surface area contributed by atoms with Gasteiger partial charge in [-0.1, -0.05) is 18.2 Å². The van der Waals surface area contributed by atoms with E-state index in [0.717, 1.165) is 0 Å². The zero-order valence-electron chi connectivity index (χ0n) is 10.1. The monoisotopic (exact) mass is 279 g/mol. The minimum Gasteiger partial charge on any atom is -0.467 e. The molecule has 5 nitrogen and oxygen atoms in total. The molecule has 2 aromatic rings.